The largest absolute Gasteiger partial charge is 0.394 e. The molecule has 112 valence electrons. The van der Waals surface area contributed by atoms with Gasteiger partial charge in [-0.05, 0) is 12.1 Å². The van der Waals surface area contributed by atoms with E-state index < -0.39 is 36.8 Å². The van der Waals surface area contributed by atoms with Crippen molar-refractivity contribution in [2.75, 3.05) is 12.3 Å². The third-order valence-electron chi connectivity index (χ3n) is 3.63. The maximum absolute atomic E-state index is 12.1. The van der Waals surface area contributed by atoms with Crippen molar-refractivity contribution in [1.82, 2.24) is 9.55 Å². The molecule has 3 rings (SSSR count). The van der Waals surface area contributed by atoms with Crippen LogP contribution in [0.5, 0.6) is 0 Å². The van der Waals surface area contributed by atoms with Crippen LogP contribution in [0, 0.1) is 0 Å². The van der Waals surface area contributed by atoms with Crippen LogP contribution in [0.2, 0.25) is 0 Å². The Hall–Kier alpha value is -2.00. The number of hydrogen-bond acceptors (Lipinski definition) is 7. The van der Waals surface area contributed by atoms with Gasteiger partial charge >= 0.3 is 5.69 Å². The maximum Gasteiger partial charge on any atom is 0.352 e. The fraction of sp³-hybridized carbons (Fsp3) is 0.385. The average molecular weight is 293 g/mol. The van der Waals surface area contributed by atoms with Crippen molar-refractivity contribution in [3.8, 4) is 0 Å². The lowest BCUT2D eigenvalue weighted by molar-refractivity contribution is -0.0527. The first kappa shape index (κ1) is 14.0. The number of anilines is 1. The number of hydrogen-bond donors (Lipinski definition) is 4. The zero-order valence-electron chi connectivity index (χ0n) is 11.0. The van der Waals surface area contributed by atoms with Crippen molar-refractivity contribution in [3.63, 3.8) is 0 Å². The summed E-state index contributed by atoms with van der Waals surface area (Å²) in [7, 11) is 0. The Morgan fingerprint density at radius 2 is 2.00 bits per heavy atom. The van der Waals surface area contributed by atoms with E-state index in [1.807, 2.05) is 0 Å². The molecule has 1 aliphatic rings. The normalized spacial score (nSPS) is 29.1. The number of fused-ring (bicyclic) bond motifs is 1. The predicted molar refractivity (Wildman–Crippen MR) is 73.4 cm³/mol. The van der Waals surface area contributed by atoms with Gasteiger partial charge < -0.3 is 25.8 Å². The Balaban J connectivity index is 2.20. The summed E-state index contributed by atoms with van der Waals surface area (Å²) < 4.78 is 6.52. The highest BCUT2D eigenvalue weighted by Crippen LogP contribution is 2.31. The second kappa shape index (κ2) is 5.08. The number of rotatable bonds is 2. The highest BCUT2D eigenvalue weighted by atomic mass is 16.6. The minimum atomic E-state index is -1.35. The standard InChI is InChI=1S/C13H15N3O5/c14-11-6-3-1-2-4-7(6)16(13(20)15-11)12-10(19)9(18)8(5-17)21-12/h1-4,8-10,12,17-19H,5H2,(H2,14,15,20)/t8-,9+,10+,12+/m0/s1. The number of para-hydroxylation sites is 1. The lowest BCUT2D eigenvalue weighted by Gasteiger charge is -2.19. The van der Waals surface area contributed by atoms with E-state index in [9.17, 15) is 15.0 Å². The molecular weight excluding hydrogens is 278 g/mol. The quantitative estimate of drug-likeness (QED) is 0.535. The molecule has 2 aromatic rings. The van der Waals surface area contributed by atoms with Crippen LogP contribution in [0.4, 0.5) is 5.82 Å². The van der Waals surface area contributed by atoms with Crippen LogP contribution in [-0.2, 0) is 4.74 Å². The van der Waals surface area contributed by atoms with E-state index in [1.54, 1.807) is 24.3 Å². The van der Waals surface area contributed by atoms with Gasteiger partial charge in [0.2, 0.25) is 0 Å². The van der Waals surface area contributed by atoms with E-state index in [-0.39, 0.29) is 5.82 Å². The molecule has 1 saturated heterocycles. The SMILES string of the molecule is Nc1nc(=O)n([C@@H]2O[C@@H](CO)[C@@H](O)[C@H]2O)c2ccccc12. The van der Waals surface area contributed by atoms with Crippen LogP contribution in [0.1, 0.15) is 6.23 Å². The van der Waals surface area contributed by atoms with E-state index in [1.165, 1.54) is 0 Å². The molecule has 0 unspecified atom stereocenters. The molecule has 5 N–H and O–H groups in total. The third-order valence-corrected chi connectivity index (χ3v) is 3.63. The Morgan fingerprint density at radius 3 is 2.67 bits per heavy atom. The van der Waals surface area contributed by atoms with E-state index in [0.29, 0.717) is 10.9 Å². The summed E-state index contributed by atoms with van der Waals surface area (Å²) in [5, 5.41) is 29.5. The molecule has 0 aliphatic carbocycles. The second-order valence-electron chi connectivity index (χ2n) is 4.90. The van der Waals surface area contributed by atoms with Gasteiger partial charge in [0.05, 0.1) is 12.1 Å². The minimum absolute atomic E-state index is 0.0820. The molecular formula is C13H15N3O5. The van der Waals surface area contributed by atoms with Gasteiger partial charge in [-0.1, -0.05) is 12.1 Å². The van der Waals surface area contributed by atoms with E-state index in [4.69, 9.17) is 15.6 Å². The van der Waals surface area contributed by atoms with E-state index in [0.717, 1.165) is 4.57 Å². The predicted octanol–water partition coefficient (Wildman–Crippen LogP) is -1.41. The number of aliphatic hydroxyl groups excluding tert-OH is 3. The van der Waals surface area contributed by atoms with Gasteiger partial charge in [-0.25, -0.2) is 4.79 Å². The van der Waals surface area contributed by atoms with Crippen molar-refractivity contribution in [2.24, 2.45) is 0 Å². The lowest BCUT2D eigenvalue weighted by Crippen LogP contribution is -2.36. The summed E-state index contributed by atoms with van der Waals surface area (Å²) in [5.74, 6) is 0.0820. The number of aliphatic hydroxyl groups is 3. The van der Waals surface area contributed by atoms with Gasteiger partial charge in [0, 0.05) is 5.39 Å². The van der Waals surface area contributed by atoms with Gasteiger partial charge in [-0.15, -0.1) is 0 Å². The molecule has 8 heteroatoms. The molecule has 0 saturated carbocycles. The fourth-order valence-corrected chi connectivity index (χ4v) is 2.56. The number of benzene rings is 1. The first-order valence-corrected chi connectivity index (χ1v) is 6.44. The van der Waals surface area contributed by atoms with Crippen molar-refractivity contribution >= 4 is 16.7 Å². The lowest BCUT2D eigenvalue weighted by atomic mass is 10.1. The van der Waals surface area contributed by atoms with Gasteiger partial charge in [-0.2, -0.15) is 4.98 Å². The zero-order chi connectivity index (χ0) is 15.1. The summed E-state index contributed by atoms with van der Waals surface area (Å²) in [5.41, 5.74) is 5.46. The molecule has 1 aromatic heterocycles. The molecule has 4 atom stereocenters. The Labute approximate surface area is 119 Å². The van der Waals surface area contributed by atoms with Crippen LogP contribution in [0.15, 0.2) is 29.1 Å². The number of ether oxygens (including phenoxy) is 1. The molecule has 0 amide bonds. The minimum Gasteiger partial charge on any atom is -0.394 e. The summed E-state index contributed by atoms with van der Waals surface area (Å²) in [4.78, 5) is 15.8. The highest BCUT2D eigenvalue weighted by molar-refractivity contribution is 5.88. The van der Waals surface area contributed by atoms with E-state index >= 15 is 0 Å². The van der Waals surface area contributed by atoms with Crippen LogP contribution >= 0.6 is 0 Å². The first-order chi connectivity index (χ1) is 10.0. The van der Waals surface area contributed by atoms with E-state index in [2.05, 4.69) is 4.98 Å². The summed E-state index contributed by atoms with van der Waals surface area (Å²) in [6, 6.07) is 6.78. The van der Waals surface area contributed by atoms with Crippen molar-refractivity contribution < 1.29 is 20.1 Å². The molecule has 1 aliphatic heterocycles. The van der Waals surface area contributed by atoms with Crippen molar-refractivity contribution in [2.45, 2.75) is 24.5 Å². The molecule has 0 spiro atoms. The van der Waals surface area contributed by atoms with Crippen LogP contribution in [0.25, 0.3) is 10.9 Å². The molecule has 8 nitrogen and oxygen atoms in total. The summed E-state index contributed by atoms with van der Waals surface area (Å²) in [6.45, 7) is -0.468. The van der Waals surface area contributed by atoms with Crippen LogP contribution in [0.3, 0.4) is 0 Å². The fourth-order valence-electron chi connectivity index (χ4n) is 2.56. The highest BCUT2D eigenvalue weighted by Gasteiger charge is 2.44. The van der Waals surface area contributed by atoms with Crippen LogP contribution in [-0.4, -0.2) is 49.8 Å². The third kappa shape index (κ3) is 2.09. The molecule has 21 heavy (non-hydrogen) atoms. The number of nitrogens with two attached hydrogens (primary N) is 1. The summed E-state index contributed by atoms with van der Waals surface area (Å²) >= 11 is 0. The van der Waals surface area contributed by atoms with Crippen molar-refractivity contribution in [3.05, 3.63) is 34.7 Å². The topological polar surface area (TPSA) is 131 Å². The molecule has 1 fully saturated rings. The van der Waals surface area contributed by atoms with Gasteiger partial charge in [0.25, 0.3) is 0 Å². The number of aromatic nitrogens is 2. The number of nitrogens with zero attached hydrogens (tertiary/aromatic N) is 2. The average Bonchev–Trinajstić information content (AvgIpc) is 2.75. The maximum atomic E-state index is 12.1. The summed E-state index contributed by atoms with van der Waals surface area (Å²) in [6.07, 6.45) is -4.74. The van der Waals surface area contributed by atoms with Gasteiger partial charge in [-0.3, -0.25) is 4.57 Å². The van der Waals surface area contributed by atoms with Crippen LogP contribution < -0.4 is 11.4 Å². The molecule has 0 bridgehead atoms. The monoisotopic (exact) mass is 293 g/mol. The molecule has 1 aromatic carbocycles. The first-order valence-electron chi connectivity index (χ1n) is 6.44. The molecule has 2 heterocycles. The second-order valence-corrected chi connectivity index (χ2v) is 4.90. The Kier molecular flexibility index (Phi) is 3.38. The van der Waals surface area contributed by atoms with Gasteiger partial charge in [0.1, 0.15) is 24.1 Å². The zero-order valence-corrected chi connectivity index (χ0v) is 11.0. The number of nitrogen functional groups attached to an aromatic ring is 1. The smallest absolute Gasteiger partial charge is 0.352 e. The Bertz CT molecular complexity index is 731. The van der Waals surface area contributed by atoms with Crippen molar-refractivity contribution in [1.29, 1.82) is 0 Å². The Morgan fingerprint density at radius 1 is 1.29 bits per heavy atom. The molecule has 0 radical (unpaired) electrons. The van der Waals surface area contributed by atoms with Gasteiger partial charge in [0.15, 0.2) is 6.23 Å².